The zero-order valence-corrected chi connectivity index (χ0v) is 12.2. The maximum absolute atomic E-state index is 12.0. The van der Waals surface area contributed by atoms with E-state index in [-0.39, 0.29) is 11.3 Å². The summed E-state index contributed by atoms with van der Waals surface area (Å²) >= 11 is 0. The van der Waals surface area contributed by atoms with Gasteiger partial charge in [0.15, 0.2) is 0 Å². The molecule has 0 saturated heterocycles. The molecule has 6 nitrogen and oxygen atoms in total. The zero-order chi connectivity index (χ0) is 16.1. The van der Waals surface area contributed by atoms with Gasteiger partial charge in [0.2, 0.25) is 0 Å². The third-order valence-corrected chi connectivity index (χ3v) is 3.14. The smallest absolute Gasteiger partial charge is 0.267 e. The van der Waals surface area contributed by atoms with Gasteiger partial charge in [0.25, 0.3) is 11.6 Å². The van der Waals surface area contributed by atoms with Crippen LogP contribution in [0.1, 0.15) is 27.0 Å². The van der Waals surface area contributed by atoms with Gasteiger partial charge in [-0.15, -0.1) is 0 Å². The third kappa shape index (κ3) is 3.54. The molecule has 22 heavy (non-hydrogen) atoms. The monoisotopic (exact) mass is 297 g/mol. The highest BCUT2D eigenvalue weighted by Crippen LogP contribution is 2.17. The van der Waals surface area contributed by atoms with Gasteiger partial charge in [0, 0.05) is 6.07 Å². The van der Waals surface area contributed by atoms with Crippen LogP contribution in [0.15, 0.2) is 47.6 Å². The number of hydrogen-bond acceptors (Lipinski definition) is 4. The number of aryl methyl sites for hydroxylation is 2. The summed E-state index contributed by atoms with van der Waals surface area (Å²) in [5.74, 6) is -0.617. The van der Waals surface area contributed by atoms with Crippen molar-refractivity contribution in [1.82, 2.24) is 5.43 Å². The highest BCUT2D eigenvalue weighted by molar-refractivity contribution is 5.98. The van der Waals surface area contributed by atoms with Gasteiger partial charge in [-0.05, 0) is 31.0 Å². The maximum Gasteiger partial charge on any atom is 0.282 e. The largest absolute Gasteiger partial charge is 0.282 e. The van der Waals surface area contributed by atoms with Crippen LogP contribution in [0.4, 0.5) is 5.69 Å². The first-order chi connectivity index (χ1) is 10.5. The summed E-state index contributed by atoms with van der Waals surface area (Å²) in [6.45, 7) is 3.93. The number of para-hydroxylation sites is 1. The van der Waals surface area contributed by atoms with Crippen molar-refractivity contribution >= 4 is 17.8 Å². The molecule has 2 aromatic rings. The molecule has 0 spiro atoms. The lowest BCUT2D eigenvalue weighted by atomic mass is 10.1. The van der Waals surface area contributed by atoms with Gasteiger partial charge in [-0.2, -0.15) is 5.10 Å². The molecular formula is C16H15N3O3. The van der Waals surface area contributed by atoms with Crippen LogP contribution in [0.3, 0.4) is 0 Å². The number of carbonyl (C=O) groups is 1. The Kier molecular flexibility index (Phi) is 4.63. The topological polar surface area (TPSA) is 84.6 Å². The molecule has 0 aromatic heterocycles. The molecule has 0 saturated carbocycles. The normalized spacial score (nSPS) is 10.6. The number of hydrogen-bond donors (Lipinski definition) is 1. The van der Waals surface area contributed by atoms with Crippen LogP contribution in [-0.2, 0) is 0 Å². The van der Waals surface area contributed by atoms with E-state index in [4.69, 9.17) is 0 Å². The van der Waals surface area contributed by atoms with E-state index in [0.29, 0.717) is 0 Å². The van der Waals surface area contributed by atoms with Crippen LogP contribution in [0.25, 0.3) is 0 Å². The lowest BCUT2D eigenvalue weighted by Gasteiger charge is -2.03. The first kappa shape index (κ1) is 15.4. The fraction of sp³-hybridized carbons (Fsp3) is 0.125. The van der Waals surface area contributed by atoms with Crippen molar-refractivity contribution in [3.05, 3.63) is 74.8 Å². The number of carbonyl (C=O) groups excluding carboxylic acids is 1. The van der Waals surface area contributed by atoms with Crippen molar-refractivity contribution in [3.63, 3.8) is 0 Å². The molecule has 1 N–H and O–H groups in total. The number of nitro groups is 1. The summed E-state index contributed by atoms with van der Waals surface area (Å²) in [6.07, 6.45) is 1.52. The summed E-state index contributed by atoms with van der Waals surface area (Å²) in [5.41, 5.74) is 5.08. The Balaban J connectivity index is 2.13. The number of amides is 1. The van der Waals surface area contributed by atoms with Crippen LogP contribution in [0.5, 0.6) is 0 Å². The minimum absolute atomic E-state index is 0.0229. The van der Waals surface area contributed by atoms with Crippen molar-refractivity contribution in [2.45, 2.75) is 13.8 Å². The highest BCUT2D eigenvalue weighted by atomic mass is 16.6. The number of nitrogens with one attached hydrogen (secondary N) is 1. The quantitative estimate of drug-likeness (QED) is 0.535. The average molecular weight is 297 g/mol. The van der Waals surface area contributed by atoms with Crippen molar-refractivity contribution in [1.29, 1.82) is 0 Å². The Labute approximate surface area is 127 Å². The maximum atomic E-state index is 12.0. The molecule has 2 rings (SSSR count). The van der Waals surface area contributed by atoms with E-state index in [9.17, 15) is 14.9 Å². The van der Waals surface area contributed by atoms with E-state index in [1.807, 2.05) is 32.0 Å². The summed E-state index contributed by atoms with van der Waals surface area (Å²) in [7, 11) is 0. The Morgan fingerprint density at radius 1 is 1.23 bits per heavy atom. The SMILES string of the molecule is Cc1ccc(/C=N/NC(=O)c2ccccc2[N+](=O)[O-])c(C)c1. The Hall–Kier alpha value is -3.02. The standard InChI is InChI=1S/C16H15N3O3/c1-11-7-8-13(12(2)9-11)10-17-18-16(20)14-5-3-4-6-15(14)19(21)22/h3-10H,1-2H3,(H,18,20)/b17-10+. The summed E-state index contributed by atoms with van der Waals surface area (Å²) < 4.78 is 0. The van der Waals surface area contributed by atoms with Crippen molar-refractivity contribution in [2.75, 3.05) is 0 Å². The van der Waals surface area contributed by atoms with Gasteiger partial charge in [-0.25, -0.2) is 5.43 Å². The molecule has 6 heteroatoms. The van der Waals surface area contributed by atoms with Crippen molar-refractivity contribution < 1.29 is 9.72 Å². The van der Waals surface area contributed by atoms with E-state index in [1.54, 1.807) is 6.07 Å². The molecule has 2 aromatic carbocycles. The number of hydrazone groups is 1. The molecule has 0 fully saturated rings. The van der Waals surface area contributed by atoms with E-state index in [2.05, 4.69) is 10.5 Å². The molecule has 1 amide bonds. The Morgan fingerprint density at radius 2 is 1.95 bits per heavy atom. The van der Waals surface area contributed by atoms with Crippen LogP contribution in [0, 0.1) is 24.0 Å². The summed E-state index contributed by atoms with van der Waals surface area (Å²) in [5, 5.41) is 14.7. The molecule has 0 atom stereocenters. The number of nitro benzene ring substituents is 1. The molecule has 0 unspecified atom stereocenters. The number of nitrogens with zero attached hydrogens (tertiary/aromatic N) is 2. The molecular weight excluding hydrogens is 282 g/mol. The van der Waals surface area contributed by atoms with Crippen LogP contribution in [-0.4, -0.2) is 17.0 Å². The molecule has 0 radical (unpaired) electrons. The molecule has 0 aliphatic carbocycles. The van der Waals surface area contributed by atoms with E-state index in [0.717, 1.165) is 16.7 Å². The summed E-state index contributed by atoms with van der Waals surface area (Å²) in [4.78, 5) is 22.3. The van der Waals surface area contributed by atoms with Crippen molar-refractivity contribution in [2.24, 2.45) is 5.10 Å². The van der Waals surface area contributed by atoms with Gasteiger partial charge in [0.05, 0.1) is 11.1 Å². The van der Waals surface area contributed by atoms with Gasteiger partial charge in [-0.1, -0.05) is 35.9 Å². The fourth-order valence-corrected chi connectivity index (χ4v) is 2.02. The number of rotatable bonds is 4. The first-order valence-electron chi connectivity index (χ1n) is 6.63. The molecule has 0 aliphatic heterocycles. The predicted molar refractivity (Wildman–Crippen MR) is 84.1 cm³/mol. The van der Waals surface area contributed by atoms with Gasteiger partial charge in [0.1, 0.15) is 5.56 Å². The van der Waals surface area contributed by atoms with E-state index >= 15 is 0 Å². The van der Waals surface area contributed by atoms with Gasteiger partial charge < -0.3 is 0 Å². The molecule has 112 valence electrons. The highest BCUT2D eigenvalue weighted by Gasteiger charge is 2.18. The first-order valence-corrected chi connectivity index (χ1v) is 6.63. The minimum atomic E-state index is -0.617. The Morgan fingerprint density at radius 3 is 2.64 bits per heavy atom. The Bertz CT molecular complexity index is 754. The second kappa shape index (κ2) is 6.62. The average Bonchev–Trinajstić information content (AvgIpc) is 2.49. The van der Waals surface area contributed by atoms with Crippen LogP contribution < -0.4 is 5.43 Å². The minimum Gasteiger partial charge on any atom is -0.267 e. The fourth-order valence-electron chi connectivity index (χ4n) is 2.02. The van der Waals surface area contributed by atoms with Crippen molar-refractivity contribution in [3.8, 4) is 0 Å². The lowest BCUT2D eigenvalue weighted by Crippen LogP contribution is -2.19. The summed E-state index contributed by atoms with van der Waals surface area (Å²) in [6, 6.07) is 11.6. The second-order valence-corrected chi connectivity index (χ2v) is 4.83. The number of benzene rings is 2. The predicted octanol–water partition coefficient (Wildman–Crippen LogP) is 2.98. The van der Waals surface area contributed by atoms with Crippen LogP contribution in [0.2, 0.25) is 0 Å². The zero-order valence-electron chi connectivity index (χ0n) is 12.2. The molecule has 0 bridgehead atoms. The van der Waals surface area contributed by atoms with E-state index < -0.39 is 10.8 Å². The second-order valence-electron chi connectivity index (χ2n) is 4.83. The lowest BCUT2D eigenvalue weighted by molar-refractivity contribution is -0.385. The molecule has 0 heterocycles. The van der Waals surface area contributed by atoms with Gasteiger partial charge >= 0.3 is 0 Å². The van der Waals surface area contributed by atoms with E-state index in [1.165, 1.54) is 24.4 Å². The third-order valence-electron chi connectivity index (χ3n) is 3.14. The molecule has 0 aliphatic rings. The van der Waals surface area contributed by atoms with Crippen LogP contribution >= 0.6 is 0 Å². The van der Waals surface area contributed by atoms with Gasteiger partial charge in [-0.3, -0.25) is 14.9 Å².